The highest BCUT2D eigenvalue weighted by Crippen LogP contribution is 2.23. The van der Waals surface area contributed by atoms with Crippen LogP contribution in [0.3, 0.4) is 0 Å². The summed E-state index contributed by atoms with van der Waals surface area (Å²) in [5.74, 6) is 0.199. The first-order valence-electron chi connectivity index (χ1n) is 9.02. The third kappa shape index (κ3) is 6.05. The number of nitro groups is 1. The fourth-order valence-corrected chi connectivity index (χ4v) is 2.47. The summed E-state index contributed by atoms with van der Waals surface area (Å²) in [5, 5.41) is 17.0. The Labute approximate surface area is 164 Å². The minimum Gasteiger partial charge on any atom is -0.342 e. The van der Waals surface area contributed by atoms with E-state index in [-0.39, 0.29) is 11.6 Å². The zero-order valence-electron chi connectivity index (χ0n) is 16.2. The minimum atomic E-state index is -0.446. The van der Waals surface area contributed by atoms with Crippen LogP contribution in [0.4, 0.5) is 11.4 Å². The number of nitro benzene ring substituents is 1. The summed E-state index contributed by atoms with van der Waals surface area (Å²) in [6.07, 6.45) is 8.38. The highest BCUT2D eigenvalue weighted by Gasteiger charge is 2.11. The Balaban J connectivity index is 2.19. The third-order valence-corrected chi connectivity index (χ3v) is 4.06. The molecule has 0 spiro atoms. The number of amides is 1. The zero-order chi connectivity index (χ0) is 20.5. The number of nitrogens with zero attached hydrogens (tertiary/aromatic N) is 2. The molecule has 0 radical (unpaired) electrons. The van der Waals surface area contributed by atoms with Gasteiger partial charge in [0, 0.05) is 36.3 Å². The van der Waals surface area contributed by atoms with Crippen LogP contribution in [-0.4, -0.2) is 15.8 Å². The number of carbonyl (C=O) groups excluding carboxylic acids is 1. The summed E-state index contributed by atoms with van der Waals surface area (Å²) in [5.41, 5.74) is 3.04. The maximum atomic E-state index is 12.5. The molecule has 1 aromatic heterocycles. The van der Waals surface area contributed by atoms with E-state index in [1.807, 2.05) is 39.0 Å². The lowest BCUT2D eigenvalue weighted by Gasteiger charge is -2.14. The van der Waals surface area contributed by atoms with E-state index in [1.165, 1.54) is 18.2 Å². The minimum absolute atomic E-state index is 0.0124. The molecule has 1 aromatic carbocycles. The van der Waals surface area contributed by atoms with Crippen molar-refractivity contribution in [2.45, 2.75) is 33.6 Å². The highest BCUT2D eigenvalue weighted by molar-refractivity contribution is 5.96. The van der Waals surface area contributed by atoms with E-state index in [1.54, 1.807) is 18.5 Å². The number of rotatable bonds is 8. The van der Waals surface area contributed by atoms with Crippen LogP contribution in [0.15, 0.2) is 60.7 Å². The van der Waals surface area contributed by atoms with Crippen molar-refractivity contribution in [2.75, 3.05) is 5.32 Å². The number of aryl methyl sites for hydroxylation is 1. The van der Waals surface area contributed by atoms with Crippen molar-refractivity contribution in [3.8, 4) is 0 Å². The van der Waals surface area contributed by atoms with Gasteiger partial charge in [0.25, 0.3) is 5.69 Å². The van der Waals surface area contributed by atoms with Gasteiger partial charge in [-0.2, -0.15) is 0 Å². The Hall–Kier alpha value is -3.48. The standard InChI is InChI=1S/C21H24N4O3/c1-4-5-8-20(23-19-13-18(25(27)28)10-9-15(19)2)24-21(26)12-16(3)17-7-6-11-22-14-17/h6-14,23H,4-5H2,1-3H3,(H,24,26)/b16-12+,20-8+. The molecule has 0 unspecified atom stereocenters. The number of allylic oxidation sites excluding steroid dienone is 2. The first-order chi connectivity index (χ1) is 13.4. The molecule has 2 N–H and O–H groups in total. The van der Waals surface area contributed by atoms with Crippen molar-refractivity contribution in [1.82, 2.24) is 10.3 Å². The summed E-state index contributed by atoms with van der Waals surface area (Å²) in [6.45, 7) is 5.71. The molecular formula is C21H24N4O3. The number of nitrogens with one attached hydrogen (secondary N) is 2. The summed E-state index contributed by atoms with van der Waals surface area (Å²) in [4.78, 5) is 27.1. The third-order valence-electron chi connectivity index (χ3n) is 4.06. The number of hydrogen-bond acceptors (Lipinski definition) is 5. The van der Waals surface area contributed by atoms with Gasteiger partial charge < -0.3 is 10.6 Å². The predicted octanol–water partition coefficient (Wildman–Crippen LogP) is 4.57. The van der Waals surface area contributed by atoms with E-state index in [0.717, 1.165) is 29.5 Å². The van der Waals surface area contributed by atoms with E-state index in [9.17, 15) is 14.9 Å². The SMILES string of the molecule is CCC/C=C(/NC(=O)/C=C(\C)c1cccnc1)Nc1cc([N+](=O)[O-])ccc1C. The van der Waals surface area contributed by atoms with Gasteiger partial charge in [-0.25, -0.2) is 0 Å². The van der Waals surface area contributed by atoms with Gasteiger partial charge in [-0.3, -0.25) is 19.9 Å². The molecule has 28 heavy (non-hydrogen) atoms. The average Bonchev–Trinajstić information content (AvgIpc) is 2.68. The second kappa shape index (κ2) is 10.0. The quantitative estimate of drug-likeness (QED) is 0.397. The maximum absolute atomic E-state index is 12.5. The van der Waals surface area contributed by atoms with E-state index in [2.05, 4.69) is 15.6 Å². The van der Waals surface area contributed by atoms with Crippen LogP contribution in [0, 0.1) is 17.0 Å². The van der Waals surface area contributed by atoms with Crippen LogP contribution in [0.5, 0.6) is 0 Å². The molecule has 0 fully saturated rings. The summed E-state index contributed by atoms with van der Waals surface area (Å²) >= 11 is 0. The molecule has 7 heteroatoms. The number of aromatic nitrogens is 1. The van der Waals surface area contributed by atoms with Crippen molar-refractivity contribution in [1.29, 1.82) is 0 Å². The maximum Gasteiger partial charge on any atom is 0.271 e. The molecule has 0 aliphatic heterocycles. The van der Waals surface area contributed by atoms with Crippen molar-refractivity contribution >= 4 is 22.9 Å². The highest BCUT2D eigenvalue weighted by atomic mass is 16.6. The van der Waals surface area contributed by atoms with Gasteiger partial charge in [0.15, 0.2) is 0 Å². The van der Waals surface area contributed by atoms with Gasteiger partial charge in [0.05, 0.1) is 4.92 Å². The second-order valence-corrected chi connectivity index (χ2v) is 6.35. The van der Waals surface area contributed by atoms with Crippen molar-refractivity contribution in [3.63, 3.8) is 0 Å². The number of anilines is 1. The van der Waals surface area contributed by atoms with Gasteiger partial charge in [0.1, 0.15) is 5.82 Å². The summed E-state index contributed by atoms with van der Waals surface area (Å²) in [6, 6.07) is 8.27. The predicted molar refractivity (Wildman–Crippen MR) is 110 cm³/mol. The van der Waals surface area contributed by atoms with Crippen molar-refractivity contribution in [2.24, 2.45) is 0 Å². The number of non-ortho nitro benzene ring substituents is 1. The Morgan fingerprint density at radius 1 is 1.32 bits per heavy atom. The monoisotopic (exact) mass is 380 g/mol. The number of pyridine rings is 1. The molecule has 0 saturated heterocycles. The molecule has 0 atom stereocenters. The molecule has 2 rings (SSSR count). The number of unbranched alkanes of at least 4 members (excludes halogenated alkanes) is 1. The summed E-state index contributed by atoms with van der Waals surface area (Å²) < 4.78 is 0. The van der Waals surface area contributed by atoms with Crippen LogP contribution in [0.2, 0.25) is 0 Å². The zero-order valence-corrected chi connectivity index (χ0v) is 16.2. The van der Waals surface area contributed by atoms with Crippen molar-refractivity contribution < 1.29 is 9.72 Å². The first-order valence-corrected chi connectivity index (χ1v) is 9.02. The molecule has 1 heterocycles. The second-order valence-electron chi connectivity index (χ2n) is 6.35. The first kappa shape index (κ1) is 20.8. The Bertz CT molecular complexity index is 905. The molecule has 0 bridgehead atoms. The average molecular weight is 380 g/mol. The van der Waals surface area contributed by atoms with Crippen LogP contribution in [-0.2, 0) is 4.79 Å². The Morgan fingerprint density at radius 3 is 2.75 bits per heavy atom. The van der Waals surface area contributed by atoms with E-state index >= 15 is 0 Å². The van der Waals surface area contributed by atoms with Gasteiger partial charge in [-0.05, 0) is 49.1 Å². The molecular weight excluding hydrogens is 356 g/mol. The van der Waals surface area contributed by atoms with Gasteiger partial charge in [-0.15, -0.1) is 0 Å². The Morgan fingerprint density at radius 2 is 2.11 bits per heavy atom. The number of benzene rings is 1. The largest absolute Gasteiger partial charge is 0.342 e. The molecule has 2 aromatic rings. The number of carbonyl (C=O) groups is 1. The van der Waals surface area contributed by atoms with Crippen LogP contribution < -0.4 is 10.6 Å². The fraction of sp³-hybridized carbons (Fsp3) is 0.238. The van der Waals surface area contributed by atoms with Gasteiger partial charge in [-0.1, -0.05) is 25.5 Å². The van der Waals surface area contributed by atoms with Crippen LogP contribution in [0.1, 0.15) is 37.8 Å². The molecule has 0 aliphatic rings. The van der Waals surface area contributed by atoms with Gasteiger partial charge in [0.2, 0.25) is 5.91 Å². The molecule has 1 amide bonds. The molecule has 0 aliphatic carbocycles. The normalized spacial score (nSPS) is 11.8. The van der Waals surface area contributed by atoms with E-state index in [4.69, 9.17) is 0 Å². The lowest BCUT2D eigenvalue weighted by molar-refractivity contribution is -0.384. The smallest absolute Gasteiger partial charge is 0.271 e. The van der Waals surface area contributed by atoms with Gasteiger partial charge >= 0.3 is 0 Å². The van der Waals surface area contributed by atoms with E-state index in [0.29, 0.717) is 11.5 Å². The van der Waals surface area contributed by atoms with E-state index < -0.39 is 4.92 Å². The number of hydrogen-bond donors (Lipinski definition) is 2. The Kier molecular flexibility index (Phi) is 7.45. The molecule has 0 saturated carbocycles. The van der Waals surface area contributed by atoms with Crippen LogP contribution in [0.25, 0.3) is 5.57 Å². The lowest BCUT2D eigenvalue weighted by Crippen LogP contribution is -2.25. The topological polar surface area (TPSA) is 97.2 Å². The molecule has 146 valence electrons. The fourth-order valence-electron chi connectivity index (χ4n) is 2.47. The van der Waals surface area contributed by atoms with Crippen molar-refractivity contribution in [3.05, 3.63) is 81.9 Å². The van der Waals surface area contributed by atoms with Crippen LogP contribution >= 0.6 is 0 Å². The lowest BCUT2D eigenvalue weighted by atomic mass is 10.1. The molecule has 7 nitrogen and oxygen atoms in total. The summed E-state index contributed by atoms with van der Waals surface area (Å²) in [7, 11) is 0.